The maximum atomic E-state index is 12.0. The first-order chi connectivity index (χ1) is 9.06. The Morgan fingerprint density at radius 3 is 2.95 bits per heavy atom. The fourth-order valence-electron chi connectivity index (χ4n) is 2.42. The van der Waals surface area contributed by atoms with E-state index in [9.17, 15) is 9.59 Å². The van der Waals surface area contributed by atoms with Crippen molar-refractivity contribution in [1.29, 1.82) is 0 Å². The minimum atomic E-state index is -0.956. The van der Waals surface area contributed by atoms with E-state index in [1.54, 1.807) is 18.3 Å². The van der Waals surface area contributed by atoms with Gasteiger partial charge >= 0.3 is 5.97 Å². The van der Waals surface area contributed by atoms with Crippen molar-refractivity contribution in [2.75, 3.05) is 26.7 Å². The van der Waals surface area contributed by atoms with Gasteiger partial charge in [-0.25, -0.2) is 0 Å². The van der Waals surface area contributed by atoms with Crippen LogP contribution in [0.4, 0.5) is 0 Å². The minimum Gasteiger partial charge on any atom is -0.480 e. The predicted molar refractivity (Wildman–Crippen MR) is 70.0 cm³/mol. The van der Waals surface area contributed by atoms with Crippen LogP contribution < -0.4 is 5.32 Å². The largest absolute Gasteiger partial charge is 0.480 e. The maximum Gasteiger partial charge on any atom is 0.323 e. The Labute approximate surface area is 112 Å². The molecule has 1 aromatic rings. The summed E-state index contributed by atoms with van der Waals surface area (Å²) in [6, 6.07) is 3.32. The monoisotopic (exact) mass is 265 g/mol. The number of carboxylic acid groups (broad SMARTS) is 1. The molecule has 1 aromatic heterocycles. The van der Waals surface area contributed by atoms with E-state index in [0.29, 0.717) is 18.2 Å². The average molecular weight is 265 g/mol. The molecule has 6 heteroatoms. The topological polar surface area (TPSA) is 74.6 Å². The zero-order valence-electron chi connectivity index (χ0n) is 11.0. The van der Waals surface area contributed by atoms with E-state index in [2.05, 4.69) is 17.3 Å². The molecule has 0 spiro atoms. The SMILES string of the molecule is CN1CCC(CNC(=O)c2cccn2CC(=O)O)C1. The summed E-state index contributed by atoms with van der Waals surface area (Å²) in [5, 5.41) is 11.6. The van der Waals surface area contributed by atoms with E-state index in [1.165, 1.54) is 4.57 Å². The Morgan fingerprint density at radius 2 is 2.32 bits per heavy atom. The van der Waals surface area contributed by atoms with Crippen molar-refractivity contribution in [2.24, 2.45) is 5.92 Å². The van der Waals surface area contributed by atoms with Gasteiger partial charge in [-0.2, -0.15) is 0 Å². The third kappa shape index (κ3) is 3.57. The number of amides is 1. The first kappa shape index (κ1) is 13.6. The summed E-state index contributed by atoms with van der Waals surface area (Å²) in [7, 11) is 2.07. The number of aliphatic carboxylic acids is 1. The highest BCUT2D eigenvalue weighted by atomic mass is 16.4. The van der Waals surface area contributed by atoms with Gasteiger partial charge in [-0.05, 0) is 38.1 Å². The highest BCUT2D eigenvalue weighted by Crippen LogP contribution is 2.13. The van der Waals surface area contributed by atoms with Gasteiger partial charge in [0.2, 0.25) is 0 Å². The third-order valence-corrected chi connectivity index (χ3v) is 3.41. The van der Waals surface area contributed by atoms with Gasteiger partial charge in [0.05, 0.1) is 0 Å². The van der Waals surface area contributed by atoms with Gasteiger partial charge in [0.1, 0.15) is 12.2 Å². The fraction of sp³-hybridized carbons (Fsp3) is 0.538. The number of hydrogen-bond acceptors (Lipinski definition) is 3. The molecule has 1 unspecified atom stereocenters. The molecular formula is C13H19N3O3. The lowest BCUT2D eigenvalue weighted by atomic mass is 10.1. The van der Waals surface area contributed by atoms with Crippen LogP contribution in [-0.2, 0) is 11.3 Å². The van der Waals surface area contributed by atoms with Crippen molar-refractivity contribution < 1.29 is 14.7 Å². The summed E-state index contributed by atoms with van der Waals surface area (Å²) in [5.41, 5.74) is 0.397. The molecule has 2 N–H and O–H groups in total. The summed E-state index contributed by atoms with van der Waals surface area (Å²) >= 11 is 0. The number of nitrogens with zero attached hydrogens (tertiary/aromatic N) is 2. The lowest BCUT2D eigenvalue weighted by molar-refractivity contribution is -0.137. The fourth-order valence-corrected chi connectivity index (χ4v) is 2.42. The zero-order chi connectivity index (χ0) is 13.8. The van der Waals surface area contributed by atoms with Crippen LogP contribution in [0.5, 0.6) is 0 Å². The molecule has 0 aromatic carbocycles. The summed E-state index contributed by atoms with van der Waals surface area (Å²) in [5.74, 6) is -0.680. The molecule has 1 fully saturated rings. The molecular weight excluding hydrogens is 246 g/mol. The number of aromatic nitrogens is 1. The minimum absolute atomic E-state index is 0.193. The van der Waals surface area contributed by atoms with Gasteiger partial charge in [0.25, 0.3) is 5.91 Å². The Morgan fingerprint density at radius 1 is 1.53 bits per heavy atom. The van der Waals surface area contributed by atoms with Crippen molar-refractivity contribution in [3.8, 4) is 0 Å². The van der Waals surface area contributed by atoms with E-state index in [4.69, 9.17) is 5.11 Å². The quantitative estimate of drug-likeness (QED) is 0.800. The second-order valence-electron chi connectivity index (χ2n) is 5.04. The molecule has 1 amide bonds. The lowest BCUT2D eigenvalue weighted by Gasteiger charge is -2.12. The average Bonchev–Trinajstić information content (AvgIpc) is 2.94. The second kappa shape index (κ2) is 5.88. The maximum absolute atomic E-state index is 12.0. The number of rotatable bonds is 5. The number of likely N-dealkylation sites (tertiary alicyclic amines) is 1. The molecule has 2 heterocycles. The van der Waals surface area contributed by atoms with E-state index in [-0.39, 0.29) is 12.5 Å². The molecule has 6 nitrogen and oxygen atoms in total. The molecule has 1 saturated heterocycles. The van der Waals surface area contributed by atoms with Crippen LogP contribution in [0.15, 0.2) is 18.3 Å². The number of hydrogen-bond donors (Lipinski definition) is 2. The highest BCUT2D eigenvalue weighted by molar-refractivity contribution is 5.93. The van der Waals surface area contributed by atoms with Gasteiger partial charge in [-0.15, -0.1) is 0 Å². The molecule has 0 radical (unpaired) electrons. The standard InChI is InChI=1S/C13H19N3O3/c1-15-6-4-10(8-15)7-14-13(19)11-3-2-5-16(11)9-12(17)18/h2-3,5,10H,4,6-9H2,1H3,(H,14,19)(H,17,18). The van der Waals surface area contributed by atoms with Gasteiger partial charge in [-0.3, -0.25) is 9.59 Å². The van der Waals surface area contributed by atoms with Crippen molar-refractivity contribution in [2.45, 2.75) is 13.0 Å². The summed E-state index contributed by atoms with van der Waals surface area (Å²) < 4.78 is 1.44. The molecule has 0 bridgehead atoms. The van der Waals surface area contributed by atoms with Crippen molar-refractivity contribution in [3.05, 3.63) is 24.0 Å². The molecule has 0 aliphatic carbocycles. The number of nitrogens with one attached hydrogen (secondary N) is 1. The number of carboxylic acids is 1. The van der Waals surface area contributed by atoms with Crippen LogP contribution in [0.25, 0.3) is 0 Å². The van der Waals surface area contributed by atoms with Crippen LogP contribution in [0.3, 0.4) is 0 Å². The Bertz CT molecular complexity index is 469. The van der Waals surface area contributed by atoms with E-state index >= 15 is 0 Å². The normalized spacial score (nSPS) is 19.5. The summed E-state index contributed by atoms with van der Waals surface area (Å²) in [4.78, 5) is 24.9. The van der Waals surface area contributed by atoms with E-state index < -0.39 is 5.97 Å². The Balaban J connectivity index is 1.89. The van der Waals surface area contributed by atoms with Crippen LogP contribution in [-0.4, -0.2) is 53.1 Å². The third-order valence-electron chi connectivity index (χ3n) is 3.41. The first-order valence-electron chi connectivity index (χ1n) is 6.40. The summed E-state index contributed by atoms with van der Waals surface area (Å²) in [6.07, 6.45) is 2.69. The molecule has 1 atom stereocenters. The number of carbonyl (C=O) groups excluding carboxylic acids is 1. The van der Waals surface area contributed by atoms with Gasteiger partial charge < -0.3 is 19.9 Å². The zero-order valence-corrected chi connectivity index (χ0v) is 11.0. The van der Waals surface area contributed by atoms with Crippen LogP contribution in [0, 0.1) is 5.92 Å². The second-order valence-corrected chi connectivity index (χ2v) is 5.04. The molecule has 2 rings (SSSR count). The molecule has 19 heavy (non-hydrogen) atoms. The molecule has 1 aliphatic heterocycles. The van der Waals surface area contributed by atoms with Gasteiger partial charge in [0, 0.05) is 19.3 Å². The molecule has 1 aliphatic rings. The van der Waals surface area contributed by atoms with Crippen LogP contribution in [0.1, 0.15) is 16.9 Å². The Kier molecular flexibility index (Phi) is 4.21. The lowest BCUT2D eigenvalue weighted by Crippen LogP contribution is -2.32. The molecule has 0 saturated carbocycles. The van der Waals surface area contributed by atoms with E-state index in [1.807, 2.05) is 0 Å². The summed E-state index contributed by atoms with van der Waals surface area (Å²) in [6.45, 7) is 2.51. The van der Waals surface area contributed by atoms with Crippen LogP contribution in [0.2, 0.25) is 0 Å². The van der Waals surface area contributed by atoms with Crippen molar-refractivity contribution in [1.82, 2.24) is 14.8 Å². The smallest absolute Gasteiger partial charge is 0.323 e. The predicted octanol–water partition coefficient (Wildman–Crippen LogP) is 0.254. The first-order valence-corrected chi connectivity index (χ1v) is 6.40. The van der Waals surface area contributed by atoms with Gasteiger partial charge in [0.15, 0.2) is 0 Å². The van der Waals surface area contributed by atoms with Gasteiger partial charge in [-0.1, -0.05) is 0 Å². The Hall–Kier alpha value is -1.82. The van der Waals surface area contributed by atoms with E-state index in [0.717, 1.165) is 19.5 Å². The van der Waals surface area contributed by atoms with Crippen molar-refractivity contribution in [3.63, 3.8) is 0 Å². The van der Waals surface area contributed by atoms with Crippen LogP contribution >= 0.6 is 0 Å². The highest BCUT2D eigenvalue weighted by Gasteiger charge is 2.20. The van der Waals surface area contributed by atoms with Crippen molar-refractivity contribution >= 4 is 11.9 Å². The number of carbonyl (C=O) groups is 2. The molecule has 104 valence electrons.